The van der Waals surface area contributed by atoms with E-state index in [0.717, 1.165) is 13.0 Å². The first-order valence-corrected chi connectivity index (χ1v) is 13.4. The normalized spacial score (nSPS) is 11.8. The van der Waals surface area contributed by atoms with Gasteiger partial charge in [0.05, 0.1) is 71.0 Å². The Bertz CT molecular complexity index is 639. The summed E-state index contributed by atoms with van der Waals surface area (Å²) in [5, 5.41) is 0. The zero-order valence-corrected chi connectivity index (χ0v) is 20.9. The van der Waals surface area contributed by atoms with Crippen LogP contribution in [-0.2, 0) is 38.0 Å². The zero-order chi connectivity index (χ0) is 23.9. The first kappa shape index (κ1) is 30.0. The lowest BCUT2D eigenvalue weighted by molar-refractivity contribution is -0.0127. The molecule has 0 fully saturated rings. The summed E-state index contributed by atoms with van der Waals surface area (Å²) in [6.07, 6.45) is 7.62. The van der Waals surface area contributed by atoms with Crippen molar-refractivity contribution in [2.45, 2.75) is 50.3 Å². The molecule has 0 aliphatic heterocycles. The van der Waals surface area contributed by atoms with Gasteiger partial charge in [-0.3, -0.25) is 4.18 Å². The van der Waals surface area contributed by atoms with Crippen molar-refractivity contribution in [1.29, 1.82) is 0 Å². The van der Waals surface area contributed by atoms with Crippen LogP contribution in [0.1, 0.15) is 45.4 Å². The fraction of sp³-hybridized carbons (Fsp3) is 0.750. The Morgan fingerprint density at radius 2 is 0.970 bits per heavy atom. The van der Waals surface area contributed by atoms with E-state index in [2.05, 4.69) is 6.92 Å². The van der Waals surface area contributed by atoms with E-state index in [1.54, 1.807) is 18.2 Å². The Morgan fingerprint density at radius 3 is 1.48 bits per heavy atom. The third-order valence-electron chi connectivity index (χ3n) is 4.63. The van der Waals surface area contributed by atoms with E-state index in [-0.39, 0.29) is 18.1 Å². The molecule has 0 N–H and O–H groups in total. The molecule has 192 valence electrons. The van der Waals surface area contributed by atoms with E-state index in [0.29, 0.717) is 52.9 Å². The number of rotatable bonds is 24. The molecular formula is C24H42O8S. The molecule has 0 bridgehead atoms. The predicted octanol–water partition coefficient (Wildman–Crippen LogP) is 3.84. The van der Waals surface area contributed by atoms with Crippen molar-refractivity contribution >= 4 is 10.1 Å². The second-order valence-electron chi connectivity index (χ2n) is 7.42. The molecule has 0 radical (unpaired) electrons. The molecule has 0 aromatic heterocycles. The Labute approximate surface area is 200 Å². The van der Waals surface area contributed by atoms with E-state index < -0.39 is 10.1 Å². The predicted molar refractivity (Wildman–Crippen MR) is 127 cm³/mol. The average Bonchev–Trinajstić information content (AvgIpc) is 2.83. The van der Waals surface area contributed by atoms with Crippen LogP contribution >= 0.6 is 0 Å². The Kier molecular flexibility index (Phi) is 19.5. The topological polar surface area (TPSA) is 89.5 Å². The average molecular weight is 491 g/mol. The summed E-state index contributed by atoms with van der Waals surface area (Å²) in [5.41, 5.74) is 0. The van der Waals surface area contributed by atoms with E-state index in [9.17, 15) is 8.42 Å². The van der Waals surface area contributed by atoms with E-state index >= 15 is 0 Å². The molecule has 33 heavy (non-hydrogen) atoms. The molecule has 0 aliphatic carbocycles. The summed E-state index contributed by atoms with van der Waals surface area (Å²) in [4.78, 5) is 0.135. The van der Waals surface area contributed by atoms with Gasteiger partial charge >= 0.3 is 0 Å². The highest BCUT2D eigenvalue weighted by Crippen LogP contribution is 2.10. The molecule has 8 nitrogen and oxygen atoms in total. The van der Waals surface area contributed by atoms with Crippen LogP contribution < -0.4 is 0 Å². The summed E-state index contributed by atoms with van der Waals surface area (Å²) in [7, 11) is -3.73. The third-order valence-corrected chi connectivity index (χ3v) is 5.95. The van der Waals surface area contributed by atoms with Crippen LogP contribution in [0.3, 0.4) is 0 Å². The van der Waals surface area contributed by atoms with Gasteiger partial charge < -0.3 is 23.7 Å². The minimum absolute atomic E-state index is 0.0373. The fourth-order valence-corrected chi connectivity index (χ4v) is 3.74. The molecule has 9 heteroatoms. The van der Waals surface area contributed by atoms with E-state index in [1.807, 2.05) is 0 Å². The lowest BCUT2D eigenvalue weighted by Gasteiger charge is -2.08. The van der Waals surface area contributed by atoms with Crippen molar-refractivity contribution in [1.82, 2.24) is 0 Å². The molecular weight excluding hydrogens is 448 g/mol. The van der Waals surface area contributed by atoms with Crippen molar-refractivity contribution in [3.63, 3.8) is 0 Å². The lowest BCUT2D eigenvalue weighted by atomic mass is 10.1. The maximum absolute atomic E-state index is 11.9. The summed E-state index contributed by atoms with van der Waals surface area (Å²) < 4.78 is 55.9. The minimum Gasteiger partial charge on any atom is -0.379 e. The quantitative estimate of drug-likeness (QED) is 0.160. The van der Waals surface area contributed by atoms with E-state index in [1.165, 1.54) is 44.2 Å². The Morgan fingerprint density at radius 1 is 0.545 bits per heavy atom. The van der Waals surface area contributed by atoms with Crippen LogP contribution in [-0.4, -0.2) is 81.1 Å². The first-order valence-electron chi connectivity index (χ1n) is 12.0. The first-order chi connectivity index (χ1) is 16.2. The number of unbranched alkanes of at least 4 members (excludes halogenated alkanes) is 5. The van der Waals surface area contributed by atoms with Crippen LogP contribution in [0.4, 0.5) is 0 Å². The van der Waals surface area contributed by atoms with E-state index in [4.69, 9.17) is 27.9 Å². The Hall–Kier alpha value is -1.07. The molecule has 0 saturated heterocycles. The fourth-order valence-electron chi connectivity index (χ4n) is 2.82. The molecule has 0 atom stereocenters. The standard InChI is InChI=1S/C24H42O8S/c1-2-3-4-5-6-10-13-27-14-15-28-16-17-29-18-19-30-20-21-31-22-23-32-33(25,26)24-11-8-7-9-12-24/h7-9,11-12H,2-6,10,13-23H2,1H3. The number of hydrogen-bond acceptors (Lipinski definition) is 8. The molecule has 0 spiro atoms. The molecule has 0 saturated carbocycles. The molecule has 1 aromatic rings. The van der Waals surface area contributed by atoms with Gasteiger partial charge in [-0.25, -0.2) is 0 Å². The van der Waals surface area contributed by atoms with Gasteiger partial charge in [-0.1, -0.05) is 57.2 Å². The SMILES string of the molecule is CCCCCCCCOCCOCCOCCOCCOCCOS(=O)(=O)c1ccccc1. The van der Waals surface area contributed by atoms with Gasteiger partial charge in [0.15, 0.2) is 0 Å². The number of ether oxygens (including phenoxy) is 5. The van der Waals surface area contributed by atoms with Crippen molar-refractivity contribution in [2.24, 2.45) is 0 Å². The Balaban J connectivity index is 1.75. The van der Waals surface area contributed by atoms with Gasteiger partial charge in [-0.15, -0.1) is 0 Å². The zero-order valence-electron chi connectivity index (χ0n) is 20.1. The van der Waals surface area contributed by atoms with Gasteiger partial charge in [0.25, 0.3) is 10.1 Å². The van der Waals surface area contributed by atoms with Gasteiger partial charge in [-0.2, -0.15) is 8.42 Å². The summed E-state index contributed by atoms with van der Waals surface area (Å²) in [6.45, 7) is 7.15. The van der Waals surface area contributed by atoms with Gasteiger partial charge in [0, 0.05) is 6.61 Å². The molecule has 0 aliphatic rings. The maximum Gasteiger partial charge on any atom is 0.297 e. The van der Waals surface area contributed by atoms with Crippen molar-refractivity contribution in [2.75, 3.05) is 72.7 Å². The van der Waals surface area contributed by atoms with Gasteiger partial charge in [0.1, 0.15) is 0 Å². The monoisotopic (exact) mass is 490 g/mol. The lowest BCUT2D eigenvalue weighted by Crippen LogP contribution is -2.15. The largest absolute Gasteiger partial charge is 0.379 e. The second kappa shape index (κ2) is 21.5. The van der Waals surface area contributed by atoms with Crippen LogP contribution in [0.5, 0.6) is 0 Å². The summed E-state index contributed by atoms with van der Waals surface area (Å²) in [6, 6.07) is 8.02. The highest BCUT2D eigenvalue weighted by atomic mass is 32.2. The smallest absolute Gasteiger partial charge is 0.297 e. The molecule has 0 heterocycles. The maximum atomic E-state index is 11.9. The molecule has 1 rings (SSSR count). The molecule has 0 amide bonds. The second-order valence-corrected chi connectivity index (χ2v) is 9.03. The number of benzene rings is 1. The highest BCUT2D eigenvalue weighted by molar-refractivity contribution is 7.86. The van der Waals surface area contributed by atoms with Gasteiger partial charge in [0.2, 0.25) is 0 Å². The van der Waals surface area contributed by atoms with Crippen molar-refractivity contribution in [3.8, 4) is 0 Å². The molecule has 1 aromatic carbocycles. The minimum atomic E-state index is -3.73. The van der Waals surface area contributed by atoms with Crippen LogP contribution in [0.25, 0.3) is 0 Å². The molecule has 0 unspecified atom stereocenters. The highest BCUT2D eigenvalue weighted by Gasteiger charge is 2.13. The number of hydrogen-bond donors (Lipinski definition) is 0. The van der Waals surface area contributed by atoms with Crippen molar-refractivity contribution < 1.29 is 36.3 Å². The third kappa shape index (κ3) is 18.0. The van der Waals surface area contributed by atoms with Crippen LogP contribution in [0.15, 0.2) is 35.2 Å². The summed E-state index contributed by atoms with van der Waals surface area (Å²) >= 11 is 0. The summed E-state index contributed by atoms with van der Waals surface area (Å²) in [5.74, 6) is 0. The van der Waals surface area contributed by atoms with Crippen LogP contribution in [0, 0.1) is 0 Å². The van der Waals surface area contributed by atoms with Crippen molar-refractivity contribution in [3.05, 3.63) is 30.3 Å². The van der Waals surface area contributed by atoms with Crippen LogP contribution in [0.2, 0.25) is 0 Å². The van der Waals surface area contributed by atoms with Gasteiger partial charge in [-0.05, 0) is 18.6 Å².